The molecule has 198 valence electrons. The molecule has 0 unspecified atom stereocenters. The molecule has 14 heteroatoms. The third kappa shape index (κ3) is 5.30. The molecule has 0 spiro atoms. The third-order valence-electron chi connectivity index (χ3n) is 6.90. The first-order valence-corrected chi connectivity index (χ1v) is 11.1. The first kappa shape index (κ1) is 27.8. The molecule has 0 aromatic heterocycles. The zero-order chi connectivity index (χ0) is 25.3. The van der Waals surface area contributed by atoms with Crippen LogP contribution < -0.4 is 5.32 Å². The molecule has 14 atom stereocenters. The van der Waals surface area contributed by atoms with Crippen molar-refractivity contribution in [3.05, 3.63) is 11.6 Å². The van der Waals surface area contributed by atoms with Crippen molar-refractivity contribution in [2.45, 2.75) is 85.8 Å². The molecule has 0 aromatic carbocycles. The van der Waals surface area contributed by atoms with Gasteiger partial charge in [-0.15, -0.1) is 0 Å². The van der Waals surface area contributed by atoms with Crippen LogP contribution in [0.25, 0.3) is 0 Å². The SMILES string of the molecule is OCC1=C[C@H](N[C@@H]2C[C@H](CO)[C@@H](O[C@H]3O[C@H](CO)[C@@H](O)[C@H](O)[C@H]3O)[C@H](O)[C@@H]2O)[C@@H](O)[C@@H](O)[C@@H]1O. The molecule has 1 heterocycles. The van der Waals surface area contributed by atoms with Crippen LogP contribution >= 0.6 is 0 Å². The highest BCUT2D eigenvalue weighted by molar-refractivity contribution is 5.22. The first-order chi connectivity index (χ1) is 16.0. The molecule has 0 aromatic rings. The summed E-state index contributed by atoms with van der Waals surface area (Å²) in [5.74, 6) is -0.833. The second-order valence-electron chi connectivity index (χ2n) is 9.08. The number of ether oxygens (including phenoxy) is 2. The van der Waals surface area contributed by atoms with Gasteiger partial charge in [0.15, 0.2) is 6.29 Å². The third-order valence-corrected chi connectivity index (χ3v) is 6.90. The minimum absolute atomic E-state index is 0.0129. The summed E-state index contributed by atoms with van der Waals surface area (Å²) in [5, 5.41) is 113. The van der Waals surface area contributed by atoms with E-state index in [1.54, 1.807) is 0 Å². The van der Waals surface area contributed by atoms with E-state index in [9.17, 15) is 56.2 Å². The van der Waals surface area contributed by atoms with Crippen LogP contribution in [0.4, 0.5) is 0 Å². The summed E-state index contributed by atoms with van der Waals surface area (Å²) >= 11 is 0. The fourth-order valence-electron chi connectivity index (χ4n) is 4.77. The van der Waals surface area contributed by atoms with Crippen LogP contribution in [0, 0.1) is 5.92 Å². The van der Waals surface area contributed by atoms with Gasteiger partial charge in [-0.3, -0.25) is 0 Å². The monoisotopic (exact) mass is 497 g/mol. The average Bonchev–Trinajstić information content (AvgIpc) is 2.83. The molecule has 1 saturated carbocycles. The van der Waals surface area contributed by atoms with E-state index < -0.39 is 105 Å². The number of nitrogens with one attached hydrogen (secondary N) is 1. The topological polar surface area (TPSA) is 253 Å². The summed E-state index contributed by atoms with van der Waals surface area (Å²) in [5.41, 5.74) is 0.0590. The lowest BCUT2D eigenvalue weighted by molar-refractivity contribution is -0.328. The molecule has 3 aliphatic rings. The number of aliphatic hydroxyl groups is 11. The van der Waals surface area contributed by atoms with Crippen molar-refractivity contribution in [2.24, 2.45) is 5.92 Å². The Morgan fingerprint density at radius 2 is 1.47 bits per heavy atom. The number of aliphatic hydroxyl groups excluding tert-OH is 11. The second-order valence-corrected chi connectivity index (χ2v) is 9.08. The van der Waals surface area contributed by atoms with Crippen LogP contribution in [0.2, 0.25) is 0 Å². The first-order valence-electron chi connectivity index (χ1n) is 11.1. The van der Waals surface area contributed by atoms with E-state index >= 15 is 0 Å². The van der Waals surface area contributed by atoms with Gasteiger partial charge in [0.05, 0.1) is 31.5 Å². The Labute approximate surface area is 194 Å². The highest BCUT2D eigenvalue weighted by Crippen LogP contribution is 2.33. The molecule has 12 N–H and O–H groups in total. The standard InChI is InChI=1S/C20H35NO13/c22-3-6-1-8(12(26)15(29)11(6)25)21-9-2-7(4-23)19(17(31)13(9)27)34-20-18(32)16(30)14(28)10(5-24)33-20/h1,7-32H,2-5H2/t7-,8+,9-,10-,11-,12-,13-,14-,15+,16+,17-,18-,19-,20-/m1/s1. The van der Waals surface area contributed by atoms with Crippen molar-refractivity contribution in [1.29, 1.82) is 0 Å². The van der Waals surface area contributed by atoms with Gasteiger partial charge in [-0.05, 0) is 12.0 Å². The van der Waals surface area contributed by atoms with Crippen LogP contribution in [-0.4, -0.2) is 155 Å². The quantitative estimate of drug-likeness (QED) is 0.146. The minimum Gasteiger partial charge on any atom is -0.396 e. The molecular formula is C20H35NO13. The molecule has 2 fully saturated rings. The van der Waals surface area contributed by atoms with E-state index in [0.717, 1.165) is 0 Å². The minimum atomic E-state index is -1.75. The number of hydrogen-bond acceptors (Lipinski definition) is 14. The summed E-state index contributed by atoms with van der Waals surface area (Å²) in [6, 6.07) is -1.94. The van der Waals surface area contributed by atoms with E-state index in [-0.39, 0.29) is 12.0 Å². The molecule has 2 aliphatic carbocycles. The van der Waals surface area contributed by atoms with Gasteiger partial charge in [-0.25, -0.2) is 0 Å². The largest absolute Gasteiger partial charge is 0.396 e. The van der Waals surface area contributed by atoms with E-state index in [0.29, 0.717) is 0 Å². The molecule has 0 bridgehead atoms. The Bertz CT molecular complexity index is 693. The number of hydrogen-bond donors (Lipinski definition) is 12. The molecule has 14 nitrogen and oxygen atoms in total. The van der Waals surface area contributed by atoms with Gasteiger partial charge in [-0.1, -0.05) is 6.08 Å². The van der Waals surface area contributed by atoms with Gasteiger partial charge < -0.3 is 71.0 Å². The highest BCUT2D eigenvalue weighted by Gasteiger charge is 2.50. The molecule has 0 radical (unpaired) electrons. The van der Waals surface area contributed by atoms with Crippen molar-refractivity contribution >= 4 is 0 Å². The molecular weight excluding hydrogens is 462 g/mol. The highest BCUT2D eigenvalue weighted by atomic mass is 16.7. The van der Waals surface area contributed by atoms with Crippen LogP contribution in [0.15, 0.2) is 11.6 Å². The summed E-state index contributed by atoms with van der Waals surface area (Å²) in [6.45, 7) is -1.80. The van der Waals surface area contributed by atoms with Crippen LogP contribution in [-0.2, 0) is 9.47 Å². The van der Waals surface area contributed by atoms with Gasteiger partial charge in [0.25, 0.3) is 0 Å². The fraction of sp³-hybridized carbons (Fsp3) is 0.900. The molecule has 1 saturated heterocycles. The normalized spacial score (nSPS) is 50.1. The van der Waals surface area contributed by atoms with Crippen LogP contribution in [0.1, 0.15) is 6.42 Å². The molecule has 34 heavy (non-hydrogen) atoms. The van der Waals surface area contributed by atoms with E-state index in [1.165, 1.54) is 6.08 Å². The Hall–Kier alpha value is -0.820. The van der Waals surface area contributed by atoms with Crippen molar-refractivity contribution in [3.8, 4) is 0 Å². The maximum atomic E-state index is 10.7. The van der Waals surface area contributed by atoms with Gasteiger partial charge in [-0.2, -0.15) is 0 Å². The average molecular weight is 497 g/mol. The van der Waals surface area contributed by atoms with E-state index in [1.807, 2.05) is 0 Å². The summed E-state index contributed by atoms with van der Waals surface area (Å²) in [6.07, 6.45) is -15.7. The Morgan fingerprint density at radius 3 is 2.06 bits per heavy atom. The molecule has 3 rings (SSSR count). The van der Waals surface area contributed by atoms with Crippen molar-refractivity contribution < 1.29 is 65.6 Å². The lowest BCUT2D eigenvalue weighted by Crippen LogP contribution is -2.66. The van der Waals surface area contributed by atoms with Crippen molar-refractivity contribution in [1.82, 2.24) is 5.32 Å². The van der Waals surface area contributed by atoms with Gasteiger partial charge >= 0.3 is 0 Å². The zero-order valence-electron chi connectivity index (χ0n) is 18.2. The fourth-order valence-corrected chi connectivity index (χ4v) is 4.77. The predicted octanol–water partition coefficient (Wildman–Crippen LogP) is -6.75. The maximum absolute atomic E-state index is 10.7. The van der Waals surface area contributed by atoms with E-state index in [2.05, 4.69) is 5.32 Å². The molecule has 1 aliphatic heterocycles. The number of rotatable bonds is 7. The second kappa shape index (κ2) is 11.5. The summed E-state index contributed by atoms with van der Waals surface area (Å²) in [7, 11) is 0. The maximum Gasteiger partial charge on any atom is 0.187 e. The lowest BCUT2D eigenvalue weighted by atomic mass is 9.78. The summed E-state index contributed by atoms with van der Waals surface area (Å²) < 4.78 is 10.9. The van der Waals surface area contributed by atoms with Crippen LogP contribution in [0.3, 0.4) is 0 Å². The van der Waals surface area contributed by atoms with E-state index in [4.69, 9.17) is 9.47 Å². The smallest absolute Gasteiger partial charge is 0.187 e. The Kier molecular flexibility index (Phi) is 9.38. The van der Waals surface area contributed by atoms with Gasteiger partial charge in [0, 0.05) is 18.6 Å². The predicted molar refractivity (Wildman–Crippen MR) is 110 cm³/mol. The van der Waals surface area contributed by atoms with Gasteiger partial charge in [0.1, 0.15) is 48.8 Å². The lowest BCUT2D eigenvalue weighted by Gasteiger charge is -2.47. The molecule has 0 amide bonds. The van der Waals surface area contributed by atoms with Gasteiger partial charge in [0.2, 0.25) is 0 Å². The Morgan fingerprint density at radius 1 is 0.794 bits per heavy atom. The zero-order valence-corrected chi connectivity index (χ0v) is 18.2. The van der Waals surface area contributed by atoms with Crippen LogP contribution in [0.5, 0.6) is 0 Å². The summed E-state index contributed by atoms with van der Waals surface area (Å²) in [4.78, 5) is 0. The Balaban J connectivity index is 1.73. The van der Waals surface area contributed by atoms with Crippen molar-refractivity contribution in [2.75, 3.05) is 19.8 Å². The van der Waals surface area contributed by atoms with Crippen molar-refractivity contribution in [3.63, 3.8) is 0 Å².